The molecule has 1 aromatic carbocycles. The Balaban J connectivity index is 2.96. The minimum atomic E-state index is -1.15. The zero-order valence-corrected chi connectivity index (χ0v) is 10.4. The summed E-state index contributed by atoms with van der Waals surface area (Å²) >= 11 is 0. The van der Waals surface area contributed by atoms with Gasteiger partial charge in [0.15, 0.2) is 0 Å². The van der Waals surface area contributed by atoms with Gasteiger partial charge in [0, 0.05) is 18.1 Å². The molecule has 4 nitrogen and oxygen atoms in total. The van der Waals surface area contributed by atoms with Crippen LogP contribution in [0, 0.1) is 0 Å². The van der Waals surface area contributed by atoms with Gasteiger partial charge in [-0.1, -0.05) is 25.5 Å². The number of aromatic carboxylic acids is 1. The van der Waals surface area contributed by atoms with E-state index in [1.54, 1.807) is 19.2 Å². The van der Waals surface area contributed by atoms with Gasteiger partial charge in [0.05, 0.1) is 5.52 Å². The van der Waals surface area contributed by atoms with Gasteiger partial charge in [-0.2, -0.15) is 0 Å². The molecule has 0 saturated heterocycles. The molecule has 2 aromatic rings. The third-order valence-corrected chi connectivity index (χ3v) is 3.13. The first-order valence-electron chi connectivity index (χ1n) is 5.91. The number of pyridine rings is 1. The number of fused-ring (bicyclic) bond motifs is 1. The van der Waals surface area contributed by atoms with Crippen LogP contribution in [0.25, 0.3) is 10.9 Å². The Kier molecular flexibility index (Phi) is 3.19. The molecule has 94 valence electrons. The van der Waals surface area contributed by atoms with Gasteiger partial charge in [0.25, 0.3) is 0 Å². The quantitative estimate of drug-likeness (QED) is 0.901. The van der Waals surface area contributed by atoms with E-state index in [-0.39, 0.29) is 11.0 Å². The minimum absolute atomic E-state index is 0.0990. The lowest BCUT2D eigenvalue weighted by Gasteiger charge is -2.14. The molecule has 0 saturated carbocycles. The van der Waals surface area contributed by atoms with Crippen molar-refractivity contribution in [1.29, 1.82) is 0 Å². The van der Waals surface area contributed by atoms with Gasteiger partial charge in [0.2, 0.25) is 5.43 Å². The number of carboxylic acid groups (broad SMARTS) is 1. The maximum Gasteiger partial charge on any atom is 0.341 e. The maximum absolute atomic E-state index is 12.2. The van der Waals surface area contributed by atoms with Gasteiger partial charge in [-0.25, -0.2) is 4.79 Å². The predicted octanol–water partition coefficient (Wildman–Crippen LogP) is 2.19. The number of hydrogen-bond acceptors (Lipinski definition) is 2. The van der Waals surface area contributed by atoms with Gasteiger partial charge >= 0.3 is 5.97 Å². The number of carbonyl (C=O) groups is 1. The molecular formula is C14H15NO3. The van der Waals surface area contributed by atoms with E-state index in [0.717, 1.165) is 11.9 Å². The highest BCUT2D eigenvalue weighted by molar-refractivity contribution is 5.94. The molecule has 4 heteroatoms. The number of rotatable bonds is 3. The molecule has 1 aromatic heterocycles. The number of benzene rings is 1. The van der Waals surface area contributed by atoms with E-state index in [1.165, 1.54) is 0 Å². The van der Waals surface area contributed by atoms with Crippen molar-refractivity contribution in [3.63, 3.8) is 0 Å². The number of aryl methyl sites for hydroxylation is 1. The minimum Gasteiger partial charge on any atom is -0.477 e. The SMILES string of the molecule is CCCc1c(C(=O)O)c(=O)c2ccccc2n1C. The number of aromatic nitrogens is 1. The van der Waals surface area contributed by atoms with Crippen LogP contribution in [0.15, 0.2) is 29.1 Å². The predicted molar refractivity (Wildman–Crippen MR) is 70.1 cm³/mol. The van der Waals surface area contributed by atoms with Crippen LogP contribution >= 0.6 is 0 Å². The fourth-order valence-corrected chi connectivity index (χ4v) is 2.29. The molecule has 2 rings (SSSR count). The van der Waals surface area contributed by atoms with Crippen LogP contribution in [-0.2, 0) is 13.5 Å². The molecule has 0 spiro atoms. The lowest BCUT2D eigenvalue weighted by Crippen LogP contribution is -2.23. The highest BCUT2D eigenvalue weighted by Crippen LogP contribution is 2.16. The summed E-state index contributed by atoms with van der Waals surface area (Å²) < 4.78 is 1.81. The van der Waals surface area contributed by atoms with E-state index in [9.17, 15) is 14.7 Å². The van der Waals surface area contributed by atoms with Crippen LogP contribution in [0.4, 0.5) is 0 Å². The largest absolute Gasteiger partial charge is 0.477 e. The summed E-state index contributed by atoms with van der Waals surface area (Å²) in [7, 11) is 1.80. The Bertz CT molecular complexity index is 671. The molecule has 0 amide bonds. The monoisotopic (exact) mass is 245 g/mol. The molecule has 0 unspecified atom stereocenters. The average Bonchev–Trinajstić information content (AvgIpc) is 2.35. The Morgan fingerprint density at radius 2 is 2.00 bits per heavy atom. The number of carboxylic acids is 1. The standard InChI is InChI=1S/C14H15NO3/c1-3-6-11-12(14(17)18)13(16)9-7-4-5-8-10(9)15(11)2/h4-5,7-8H,3,6H2,1-2H3,(H,17,18). The number of hydrogen-bond donors (Lipinski definition) is 1. The van der Waals surface area contributed by atoms with Crippen molar-refractivity contribution in [2.45, 2.75) is 19.8 Å². The van der Waals surface area contributed by atoms with Crippen LogP contribution < -0.4 is 5.43 Å². The van der Waals surface area contributed by atoms with Crippen molar-refractivity contribution in [1.82, 2.24) is 4.57 Å². The van der Waals surface area contributed by atoms with Crippen LogP contribution in [0.3, 0.4) is 0 Å². The summed E-state index contributed by atoms with van der Waals surface area (Å²) in [6.07, 6.45) is 1.38. The van der Waals surface area contributed by atoms with Crippen LogP contribution in [0.5, 0.6) is 0 Å². The Labute approximate surface area is 104 Å². The zero-order chi connectivity index (χ0) is 13.3. The van der Waals surface area contributed by atoms with Gasteiger partial charge in [-0.05, 0) is 18.6 Å². The van der Waals surface area contributed by atoms with Gasteiger partial charge in [0.1, 0.15) is 5.56 Å². The molecule has 0 fully saturated rings. The second-order valence-corrected chi connectivity index (χ2v) is 4.28. The molecule has 1 N–H and O–H groups in total. The summed E-state index contributed by atoms with van der Waals surface area (Å²) in [5, 5.41) is 9.70. The zero-order valence-electron chi connectivity index (χ0n) is 10.4. The van der Waals surface area contributed by atoms with Crippen molar-refractivity contribution >= 4 is 16.9 Å². The van der Waals surface area contributed by atoms with E-state index in [0.29, 0.717) is 17.5 Å². The fourth-order valence-electron chi connectivity index (χ4n) is 2.29. The first kappa shape index (κ1) is 12.4. The van der Waals surface area contributed by atoms with Crippen molar-refractivity contribution in [2.24, 2.45) is 7.05 Å². The molecular weight excluding hydrogens is 230 g/mol. The maximum atomic E-state index is 12.2. The van der Waals surface area contributed by atoms with E-state index in [1.807, 2.05) is 23.6 Å². The summed E-state index contributed by atoms with van der Waals surface area (Å²) in [4.78, 5) is 23.5. The second-order valence-electron chi connectivity index (χ2n) is 4.28. The lowest BCUT2D eigenvalue weighted by molar-refractivity contribution is 0.0693. The summed E-state index contributed by atoms with van der Waals surface area (Å²) in [5.74, 6) is -1.15. The lowest BCUT2D eigenvalue weighted by atomic mass is 10.0. The highest BCUT2D eigenvalue weighted by atomic mass is 16.4. The van der Waals surface area contributed by atoms with E-state index in [2.05, 4.69) is 0 Å². The van der Waals surface area contributed by atoms with Gasteiger partial charge < -0.3 is 9.67 Å². The molecule has 0 atom stereocenters. The van der Waals surface area contributed by atoms with E-state index in [4.69, 9.17) is 0 Å². The summed E-state index contributed by atoms with van der Waals surface area (Å²) in [6, 6.07) is 7.09. The molecule has 18 heavy (non-hydrogen) atoms. The molecule has 1 heterocycles. The molecule has 0 aliphatic heterocycles. The third kappa shape index (κ3) is 1.79. The second kappa shape index (κ2) is 4.64. The Morgan fingerprint density at radius 3 is 2.61 bits per heavy atom. The molecule has 0 bridgehead atoms. The first-order chi connectivity index (χ1) is 8.57. The van der Waals surface area contributed by atoms with Gasteiger partial charge in [-0.3, -0.25) is 4.79 Å². The Morgan fingerprint density at radius 1 is 1.33 bits per heavy atom. The van der Waals surface area contributed by atoms with Crippen molar-refractivity contribution in [2.75, 3.05) is 0 Å². The summed E-state index contributed by atoms with van der Waals surface area (Å²) in [6.45, 7) is 1.96. The molecule has 0 aliphatic carbocycles. The van der Waals surface area contributed by atoms with E-state index < -0.39 is 5.97 Å². The van der Waals surface area contributed by atoms with E-state index >= 15 is 0 Å². The fraction of sp³-hybridized carbons (Fsp3) is 0.286. The number of nitrogens with zero attached hydrogens (tertiary/aromatic N) is 1. The highest BCUT2D eigenvalue weighted by Gasteiger charge is 2.19. The van der Waals surface area contributed by atoms with Crippen LogP contribution in [-0.4, -0.2) is 15.6 Å². The summed E-state index contributed by atoms with van der Waals surface area (Å²) in [5.41, 5.74) is 0.877. The van der Waals surface area contributed by atoms with Crippen LogP contribution in [0.1, 0.15) is 29.4 Å². The van der Waals surface area contributed by atoms with Gasteiger partial charge in [-0.15, -0.1) is 0 Å². The normalized spacial score (nSPS) is 10.8. The van der Waals surface area contributed by atoms with Crippen molar-refractivity contribution < 1.29 is 9.90 Å². The Hall–Kier alpha value is -2.10. The third-order valence-electron chi connectivity index (χ3n) is 3.13. The number of para-hydroxylation sites is 1. The van der Waals surface area contributed by atoms with Crippen molar-refractivity contribution in [3.05, 3.63) is 45.7 Å². The topological polar surface area (TPSA) is 59.3 Å². The smallest absolute Gasteiger partial charge is 0.341 e. The molecule has 0 aliphatic rings. The average molecular weight is 245 g/mol. The first-order valence-corrected chi connectivity index (χ1v) is 5.91. The molecule has 0 radical (unpaired) electrons. The van der Waals surface area contributed by atoms with Crippen molar-refractivity contribution in [3.8, 4) is 0 Å². The van der Waals surface area contributed by atoms with Crippen LogP contribution in [0.2, 0.25) is 0 Å².